The molecule has 1 saturated heterocycles. The van der Waals surface area contributed by atoms with Crippen molar-refractivity contribution in [2.75, 3.05) is 26.2 Å². The molecule has 1 saturated carbocycles. The van der Waals surface area contributed by atoms with Crippen LogP contribution in [0.25, 0.3) is 5.82 Å². The molecule has 0 aromatic carbocycles. The van der Waals surface area contributed by atoms with Crippen LogP contribution in [0.1, 0.15) is 23.2 Å². The van der Waals surface area contributed by atoms with E-state index in [1.54, 1.807) is 40.2 Å². The Morgan fingerprint density at radius 1 is 1.04 bits per heavy atom. The van der Waals surface area contributed by atoms with E-state index in [0.29, 0.717) is 37.6 Å². The summed E-state index contributed by atoms with van der Waals surface area (Å²) in [6.07, 6.45) is 6.84. The Labute approximate surface area is 156 Å². The number of carbonyl (C=O) groups excluding carboxylic acids is 3. The molecule has 0 atom stereocenters. The molecule has 3 heterocycles. The minimum absolute atomic E-state index is 0.135. The predicted molar refractivity (Wildman–Crippen MR) is 95.0 cm³/mol. The highest BCUT2D eigenvalue weighted by Gasteiger charge is 2.31. The molecule has 27 heavy (non-hydrogen) atoms. The van der Waals surface area contributed by atoms with Crippen LogP contribution in [-0.2, 0) is 9.59 Å². The molecule has 2 aromatic rings. The summed E-state index contributed by atoms with van der Waals surface area (Å²) in [5.41, 5.74) is 0.483. The highest BCUT2D eigenvalue weighted by atomic mass is 16.2. The predicted octanol–water partition coefficient (Wildman–Crippen LogP) is -0.170. The van der Waals surface area contributed by atoms with Crippen LogP contribution >= 0.6 is 0 Å². The SMILES string of the molecule is O=C(NC1CC1)C(=O)N1CCN(C(=O)c2ccc(-n3cccn3)nc2)CC1. The fourth-order valence-corrected chi connectivity index (χ4v) is 2.97. The smallest absolute Gasteiger partial charge is 0.312 e. The van der Waals surface area contributed by atoms with E-state index in [0.717, 1.165) is 12.8 Å². The monoisotopic (exact) mass is 368 g/mol. The highest BCUT2D eigenvalue weighted by molar-refractivity contribution is 6.35. The van der Waals surface area contributed by atoms with Gasteiger partial charge in [-0.3, -0.25) is 14.4 Å². The summed E-state index contributed by atoms with van der Waals surface area (Å²) in [6.45, 7) is 1.48. The quantitative estimate of drug-likeness (QED) is 0.758. The van der Waals surface area contributed by atoms with Crippen LogP contribution in [0.15, 0.2) is 36.8 Å². The number of amides is 3. The van der Waals surface area contributed by atoms with Crippen LogP contribution in [0, 0.1) is 0 Å². The second-order valence-electron chi connectivity index (χ2n) is 6.69. The van der Waals surface area contributed by atoms with Gasteiger partial charge in [0.05, 0.1) is 5.56 Å². The first-order valence-corrected chi connectivity index (χ1v) is 8.97. The van der Waals surface area contributed by atoms with Crippen molar-refractivity contribution in [3.05, 3.63) is 42.4 Å². The molecule has 0 radical (unpaired) electrons. The minimum Gasteiger partial charge on any atom is -0.345 e. The number of piperazine rings is 1. The second kappa shape index (κ2) is 7.18. The molecule has 2 aliphatic rings. The van der Waals surface area contributed by atoms with Crippen LogP contribution in [0.5, 0.6) is 0 Å². The van der Waals surface area contributed by atoms with Gasteiger partial charge < -0.3 is 15.1 Å². The largest absolute Gasteiger partial charge is 0.345 e. The molecule has 1 aliphatic heterocycles. The van der Waals surface area contributed by atoms with Crippen LogP contribution in [0.3, 0.4) is 0 Å². The molecule has 140 valence electrons. The summed E-state index contributed by atoms with van der Waals surface area (Å²) in [7, 11) is 0. The molecular weight excluding hydrogens is 348 g/mol. The van der Waals surface area contributed by atoms with Crippen LogP contribution in [-0.4, -0.2) is 74.5 Å². The molecule has 9 heteroatoms. The lowest BCUT2D eigenvalue weighted by Gasteiger charge is -2.34. The van der Waals surface area contributed by atoms with Gasteiger partial charge in [0.1, 0.15) is 0 Å². The zero-order valence-corrected chi connectivity index (χ0v) is 14.7. The van der Waals surface area contributed by atoms with Crippen molar-refractivity contribution >= 4 is 17.7 Å². The maximum absolute atomic E-state index is 12.6. The maximum Gasteiger partial charge on any atom is 0.312 e. The average Bonchev–Trinajstić information content (AvgIpc) is 3.35. The van der Waals surface area contributed by atoms with Gasteiger partial charge in [-0.1, -0.05) is 0 Å². The summed E-state index contributed by atoms with van der Waals surface area (Å²) >= 11 is 0. The molecular formula is C18H20N6O3. The van der Waals surface area contributed by atoms with Gasteiger partial charge in [0.25, 0.3) is 5.91 Å². The fraction of sp³-hybridized carbons (Fsp3) is 0.389. The third-order valence-electron chi connectivity index (χ3n) is 4.69. The lowest BCUT2D eigenvalue weighted by molar-refractivity contribution is -0.146. The van der Waals surface area contributed by atoms with Gasteiger partial charge in [-0.25, -0.2) is 9.67 Å². The summed E-state index contributed by atoms with van der Waals surface area (Å²) in [6, 6.07) is 5.41. The van der Waals surface area contributed by atoms with Gasteiger partial charge in [-0.05, 0) is 31.0 Å². The molecule has 4 rings (SSSR count). The minimum atomic E-state index is -0.546. The number of nitrogens with one attached hydrogen (secondary N) is 1. The molecule has 1 N–H and O–H groups in total. The summed E-state index contributed by atoms with van der Waals surface area (Å²) < 4.78 is 1.62. The Morgan fingerprint density at radius 2 is 1.78 bits per heavy atom. The van der Waals surface area contributed by atoms with Gasteiger partial charge in [-0.15, -0.1) is 0 Å². The van der Waals surface area contributed by atoms with E-state index >= 15 is 0 Å². The summed E-state index contributed by atoms with van der Waals surface area (Å²) in [5, 5.41) is 6.80. The lowest BCUT2D eigenvalue weighted by Crippen LogP contribution is -2.54. The number of carbonyl (C=O) groups is 3. The van der Waals surface area contributed by atoms with Gasteiger partial charge >= 0.3 is 11.8 Å². The van der Waals surface area contributed by atoms with E-state index in [1.807, 2.05) is 0 Å². The van der Waals surface area contributed by atoms with Crippen molar-refractivity contribution < 1.29 is 14.4 Å². The number of aromatic nitrogens is 3. The summed E-state index contributed by atoms with van der Waals surface area (Å²) in [4.78, 5) is 44.1. The third-order valence-corrected chi connectivity index (χ3v) is 4.69. The van der Waals surface area contributed by atoms with E-state index in [-0.39, 0.29) is 11.9 Å². The normalized spacial score (nSPS) is 16.9. The first-order valence-electron chi connectivity index (χ1n) is 8.97. The van der Waals surface area contributed by atoms with Crippen molar-refractivity contribution in [2.45, 2.75) is 18.9 Å². The van der Waals surface area contributed by atoms with Crippen molar-refractivity contribution in [3.8, 4) is 5.82 Å². The van der Waals surface area contributed by atoms with Crippen molar-refractivity contribution in [2.24, 2.45) is 0 Å². The van der Waals surface area contributed by atoms with Gasteiger partial charge in [0, 0.05) is 50.8 Å². The number of hydrogen-bond acceptors (Lipinski definition) is 5. The molecule has 0 unspecified atom stereocenters. The molecule has 0 bridgehead atoms. The Kier molecular flexibility index (Phi) is 4.57. The Hall–Kier alpha value is -3.23. The Morgan fingerprint density at radius 3 is 2.37 bits per heavy atom. The van der Waals surface area contributed by atoms with E-state index in [2.05, 4.69) is 15.4 Å². The van der Waals surface area contributed by atoms with Gasteiger partial charge in [0.15, 0.2) is 5.82 Å². The Balaban J connectivity index is 1.33. The number of pyridine rings is 1. The van der Waals surface area contributed by atoms with Crippen LogP contribution < -0.4 is 5.32 Å². The van der Waals surface area contributed by atoms with Gasteiger partial charge in [-0.2, -0.15) is 5.10 Å². The topological polar surface area (TPSA) is 100 Å². The third kappa shape index (κ3) is 3.81. The lowest BCUT2D eigenvalue weighted by atomic mass is 10.2. The Bertz CT molecular complexity index is 836. The van der Waals surface area contributed by atoms with Crippen LogP contribution in [0.2, 0.25) is 0 Å². The van der Waals surface area contributed by atoms with Crippen molar-refractivity contribution in [3.63, 3.8) is 0 Å². The second-order valence-corrected chi connectivity index (χ2v) is 6.69. The molecule has 1 aliphatic carbocycles. The summed E-state index contributed by atoms with van der Waals surface area (Å²) in [5.74, 6) is -0.562. The zero-order valence-electron chi connectivity index (χ0n) is 14.7. The highest BCUT2D eigenvalue weighted by Crippen LogP contribution is 2.18. The first kappa shape index (κ1) is 17.2. The molecule has 9 nitrogen and oxygen atoms in total. The van der Waals surface area contributed by atoms with E-state index in [4.69, 9.17) is 0 Å². The molecule has 2 fully saturated rings. The van der Waals surface area contributed by atoms with Crippen LogP contribution in [0.4, 0.5) is 0 Å². The first-order chi connectivity index (χ1) is 13.1. The molecule has 0 spiro atoms. The van der Waals surface area contributed by atoms with Crippen molar-refractivity contribution in [1.29, 1.82) is 0 Å². The van der Waals surface area contributed by atoms with E-state index < -0.39 is 11.8 Å². The standard InChI is InChI=1S/C18H20N6O3/c25-16(21-14-3-4-14)18(27)23-10-8-22(9-11-23)17(26)13-2-5-15(19-12-13)24-7-1-6-20-24/h1-2,5-7,12,14H,3-4,8-11H2,(H,21,25). The number of hydrogen-bond donors (Lipinski definition) is 1. The fourth-order valence-electron chi connectivity index (χ4n) is 2.97. The molecule has 2 aromatic heterocycles. The molecule has 3 amide bonds. The maximum atomic E-state index is 12.6. The average molecular weight is 368 g/mol. The number of rotatable bonds is 3. The van der Waals surface area contributed by atoms with E-state index in [9.17, 15) is 14.4 Å². The van der Waals surface area contributed by atoms with Crippen molar-refractivity contribution in [1.82, 2.24) is 29.9 Å². The van der Waals surface area contributed by atoms with Gasteiger partial charge in [0.2, 0.25) is 0 Å². The zero-order chi connectivity index (χ0) is 18.8. The van der Waals surface area contributed by atoms with E-state index in [1.165, 1.54) is 11.1 Å². The number of nitrogens with zero attached hydrogens (tertiary/aromatic N) is 5.